The molecule has 4 heterocycles. The van der Waals surface area contributed by atoms with Gasteiger partial charge >= 0.3 is 0 Å². The summed E-state index contributed by atoms with van der Waals surface area (Å²) in [6.45, 7) is 8.06. The second-order valence-corrected chi connectivity index (χ2v) is 8.25. The molecule has 0 bridgehead atoms. The molecule has 0 radical (unpaired) electrons. The monoisotopic (exact) mass is 417 g/mol. The second kappa shape index (κ2) is 8.61. The van der Waals surface area contributed by atoms with E-state index in [0.717, 1.165) is 62.6 Å². The Hall–Kier alpha value is -3.03. The molecule has 7 nitrogen and oxygen atoms in total. The van der Waals surface area contributed by atoms with Crippen molar-refractivity contribution in [2.45, 2.75) is 26.4 Å². The van der Waals surface area contributed by atoms with E-state index in [0.29, 0.717) is 12.4 Å². The van der Waals surface area contributed by atoms with E-state index in [9.17, 15) is 4.79 Å². The SMILES string of the molecule is Cc1cc(N2CCOCC2)ccc1CN1CCc2c(nc(-c3ccncc3)[nH]c2=O)C1. The van der Waals surface area contributed by atoms with Gasteiger partial charge in [0.1, 0.15) is 5.82 Å². The molecule has 0 atom stereocenters. The quantitative estimate of drug-likeness (QED) is 0.703. The van der Waals surface area contributed by atoms with Crippen molar-refractivity contribution in [1.82, 2.24) is 19.9 Å². The zero-order valence-electron chi connectivity index (χ0n) is 17.8. The van der Waals surface area contributed by atoms with E-state index >= 15 is 0 Å². The van der Waals surface area contributed by atoms with Gasteiger partial charge in [-0.3, -0.25) is 14.7 Å². The van der Waals surface area contributed by atoms with E-state index in [1.807, 2.05) is 12.1 Å². The highest BCUT2D eigenvalue weighted by atomic mass is 16.5. The number of H-pyrrole nitrogens is 1. The van der Waals surface area contributed by atoms with Crippen LogP contribution in [-0.2, 0) is 24.2 Å². The summed E-state index contributed by atoms with van der Waals surface area (Å²) >= 11 is 0. The first-order valence-electron chi connectivity index (χ1n) is 10.8. The third-order valence-electron chi connectivity index (χ3n) is 6.20. The summed E-state index contributed by atoms with van der Waals surface area (Å²) in [7, 11) is 0. The van der Waals surface area contributed by atoms with Crippen molar-refractivity contribution in [3.63, 3.8) is 0 Å². The average molecular weight is 418 g/mol. The molecule has 0 saturated carbocycles. The molecule has 0 spiro atoms. The third-order valence-corrected chi connectivity index (χ3v) is 6.20. The zero-order chi connectivity index (χ0) is 21.2. The van der Waals surface area contributed by atoms with Crippen LogP contribution < -0.4 is 10.5 Å². The van der Waals surface area contributed by atoms with E-state index in [4.69, 9.17) is 9.72 Å². The average Bonchev–Trinajstić information content (AvgIpc) is 2.81. The first-order valence-corrected chi connectivity index (χ1v) is 10.8. The van der Waals surface area contributed by atoms with Crippen molar-refractivity contribution in [3.8, 4) is 11.4 Å². The lowest BCUT2D eigenvalue weighted by Gasteiger charge is -2.30. The van der Waals surface area contributed by atoms with Crippen molar-refractivity contribution >= 4 is 5.69 Å². The number of pyridine rings is 1. The smallest absolute Gasteiger partial charge is 0.254 e. The number of nitrogens with one attached hydrogen (secondary N) is 1. The van der Waals surface area contributed by atoms with Gasteiger partial charge in [0, 0.05) is 61.9 Å². The minimum Gasteiger partial charge on any atom is -0.378 e. The van der Waals surface area contributed by atoms with Crippen LogP contribution in [0.15, 0.2) is 47.5 Å². The van der Waals surface area contributed by atoms with Gasteiger partial charge in [-0.25, -0.2) is 4.98 Å². The topological polar surface area (TPSA) is 74.3 Å². The molecule has 0 amide bonds. The van der Waals surface area contributed by atoms with Crippen molar-refractivity contribution in [2.24, 2.45) is 0 Å². The molecule has 2 aliphatic rings. The first-order chi connectivity index (χ1) is 15.2. The van der Waals surface area contributed by atoms with Crippen molar-refractivity contribution in [2.75, 3.05) is 37.7 Å². The number of anilines is 1. The highest BCUT2D eigenvalue weighted by Crippen LogP contribution is 2.24. The number of nitrogens with zero attached hydrogens (tertiary/aromatic N) is 4. The molecule has 2 aromatic heterocycles. The van der Waals surface area contributed by atoms with Gasteiger partial charge in [0.15, 0.2) is 0 Å². The van der Waals surface area contributed by atoms with Crippen LogP contribution in [0.5, 0.6) is 0 Å². The molecular formula is C24H27N5O2. The Morgan fingerprint density at radius 2 is 1.90 bits per heavy atom. The maximum Gasteiger partial charge on any atom is 0.254 e. The maximum atomic E-state index is 12.6. The normalized spacial score (nSPS) is 16.9. The molecule has 7 heteroatoms. The minimum atomic E-state index is -0.0255. The number of aromatic nitrogens is 3. The fourth-order valence-corrected chi connectivity index (χ4v) is 4.39. The van der Waals surface area contributed by atoms with Crippen LogP contribution in [0.2, 0.25) is 0 Å². The number of ether oxygens (including phenoxy) is 1. The van der Waals surface area contributed by atoms with Crippen molar-refractivity contribution < 1.29 is 4.74 Å². The summed E-state index contributed by atoms with van der Waals surface area (Å²) in [6, 6.07) is 10.5. The van der Waals surface area contributed by atoms with Crippen molar-refractivity contribution in [3.05, 3.63) is 75.5 Å². The predicted octanol–water partition coefficient (Wildman–Crippen LogP) is 2.54. The predicted molar refractivity (Wildman–Crippen MR) is 120 cm³/mol. The van der Waals surface area contributed by atoms with Gasteiger partial charge in [-0.2, -0.15) is 0 Å². The molecule has 0 unspecified atom stereocenters. The molecule has 1 aromatic carbocycles. The van der Waals surface area contributed by atoms with Crippen molar-refractivity contribution in [1.29, 1.82) is 0 Å². The van der Waals surface area contributed by atoms with Gasteiger partial charge in [0.05, 0.1) is 18.9 Å². The fraction of sp³-hybridized carbons (Fsp3) is 0.375. The van der Waals surface area contributed by atoms with E-state index < -0.39 is 0 Å². The van der Waals surface area contributed by atoms with Gasteiger partial charge in [-0.15, -0.1) is 0 Å². The van der Waals surface area contributed by atoms with E-state index in [1.165, 1.54) is 16.8 Å². The first kappa shape index (κ1) is 19.9. The molecule has 1 saturated heterocycles. The van der Waals surface area contributed by atoms with Crippen LogP contribution in [0.1, 0.15) is 22.4 Å². The van der Waals surface area contributed by atoms with Crippen LogP contribution in [0.4, 0.5) is 5.69 Å². The maximum absolute atomic E-state index is 12.6. The van der Waals surface area contributed by atoms with E-state index in [-0.39, 0.29) is 5.56 Å². The van der Waals surface area contributed by atoms with Gasteiger partial charge < -0.3 is 14.6 Å². The molecule has 0 aliphatic carbocycles. The third kappa shape index (κ3) is 4.24. The number of hydrogen-bond acceptors (Lipinski definition) is 6. The Kier molecular flexibility index (Phi) is 5.53. The molecule has 5 rings (SSSR count). The summed E-state index contributed by atoms with van der Waals surface area (Å²) in [5, 5.41) is 0. The lowest BCUT2D eigenvalue weighted by molar-refractivity contribution is 0.122. The number of benzene rings is 1. The second-order valence-electron chi connectivity index (χ2n) is 8.25. The van der Waals surface area contributed by atoms with E-state index in [1.54, 1.807) is 12.4 Å². The lowest BCUT2D eigenvalue weighted by atomic mass is 10.0. The van der Waals surface area contributed by atoms with Crippen LogP contribution in [0.25, 0.3) is 11.4 Å². The Labute approximate surface area is 181 Å². The Morgan fingerprint density at radius 1 is 1.10 bits per heavy atom. The van der Waals surface area contributed by atoms with Crippen LogP contribution >= 0.6 is 0 Å². The summed E-state index contributed by atoms with van der Waals surface area (Å²) in [4.78, 5) is 29.2. The molecule has 160 valence electrons. The highest BCUT2D eigenvalue weighted by molar-refractivity contribution is 5.54. The Balaban J connectivity index is 1.34. The number of aromatic amines is 1. The van der Waals surface area contributed by atoms with Gasteiger partial charge in [-0.1, -0.05) is 6.07 Å². The largest absolute Gasteiger partial charge is 0.378 e. The summed E-state index contributed by atoms with van der Waals surface area (Å²) in [6.07, 6.45) is 4.15. The summed E-state index contributed by atoms with van der Waals surface area (Å²) in [5.74, 6) is 0.610. The number of morpholine rings is 1. The standard InChI is InChI=1S/C24H27N5O2/c1-17-14-20(29-10-12-31-13-11-29)3-2-19(17)15-28-9-6-21-22(16-28)26-23(27-24(21)30)18-4-7-25-8-5-18/h2-5,7-8,14H,6,9-13,15-16H2,1H3,(H,26,27,30). The molecule has 1 N–H and O–H groups in total. The molecular weight excluding hydrogens is 390 g/mol. The summed E-state index contributed by atoms with van der Waals surface area (Å²) < 4.78 is 5.47. The highest BCUT2D eigenvalue weighted by Gasteiger charge is 2.22. The number of aryl methyl sites for hydroxylation is 1. The summed E-state index contributed by atoms with van der Waals surface area (Å²) in [5.41, 5.74) is 6.43. The number of rotatable bonds is 4. The zero-order valence-corrected chi connectivity index (χ0v) is 17.8. The minimum absolute atomic E-state index is 0.0255. The Morgan fingerprint density at radius 3 is 2.68 bits per heavy atom. The van der Waals surface area contributed by atoms with Crippen LogP contribution in [0, 0.1) is 6.92 Å². The van der Waals surface area contributed by atoms with Crippen LogP contribution in [-0.4, -0.2) is 52.7 Å². The lowest BCUT2D eigenvalue weighted by Crippen LogP contribution is -2.36. The van der Waals surface area contributed by atoms with Gasteiger partial charge in [0.2, 0.25) is 0 Å². The van der Waals surface area contributed by atoms with Crippen LogP contribution in [0.3, 0.4) is 0 Å². The number of fused-ring (bicyclic) bond motifs is 1. The molecule has 31 heavy (non-hydrogen) atoms. The van der Waals surface area contributed by atoms with Gasteiger partial charge in [-0.05, 0) is 48.7 Å². The fourth-order valence-electron chi connectivity index (χ4n) is 4.39. The molecule has 1 fully saturated rings. The number of hydrogen-bond donors (Lipinski definition) is 1. The Bertz CT molecular complexity index is 1120. The van der Waals surface area contributed by atoms with E-state index in [2.05, 4.69) is 44.9 Å². The molecule has 2 aliphatic heterocycles. The molecule has 3 aromatic rings. The van der Waals surface area contributed by atoms with Gasteiger partial charge in [0.25, 0.3) is 5.56 Å².